The molecule has 1 aliphatic heterocycles. The van der Waals surface area contributed by atoms with E-state index in [2.05, 4.69) is 26.3 Å². The van der Waals surface area contributed by atoms with E-state index >= 15 is 0 Å². The van der Waals surface area contributed by atoms with E-state index in [1.54, 1.807) is 40.8 Å². The van der Waals surface area contributed by atoms with E-state index in [0.29, 0.717) is 24.7 Å². The number of nitrogens with zero attached hydrogens (tertiary/aromatic N) is 3. The minimum atomic E-state index is -0.691. The Morgan fingerprint density at radius 2 is 2.07 bits per heavy atom. The minimum Gasteiger partial charge on any atom is -0.491 e. The number of fused-ring (bicyclic) bond motifs is 3. The van der Waals surface area contributed by atoms with E-state index < -0.39 is 17.6 Å². The molecule has 1 aromatic heterocycles. The van der Waals surface area contributed by atoms with Gasteiger partial charge in [-0.1, -0.05) is 15.9 Å². The first-order valence-corrected chi connectivity index (χ1v) is 10.2. The second-order valence-electron chi connectivity index (χ2n) is 8.01. The molecule has 0 atom stereocenters. The smallest absolute Gasteiger partial charge is 0.426 e. The number of imidazole rings is 1. The van der Waals surface area contributed by atoms with Gasteiger partial charge < -0.3 is 14.0 Å². The van der Waals surface area contributed by atoms with Crippen LogP contribution in [0.3, 0.4) is 0 Å². The summed E-state index contributed by atoms with van der Waals surface area (Å²) >= 11 is 3.44. The van der Waals surface area contributed by atoms with Crippen LogP contribution in [0, 0.1) is 0 Å². The van der Waals surface area contributed by atoms with Gasteiger partial charge in [0.15, 0.2) is 0 Å². The number of amides is 2. The molecule has 1 aromatic carbocycles. The molecule has 0 bridgehead atoms. The highest BCUT2D eigenvalue weighted by Crippen LogP contribution is 2.34. The van der Waals surface area contributed by atoms with Gasteiger partial charge in [0, 0.05) is 16.7 Å². The van der Waals surface area contributed by atoms with Crippen LogP contribution >= 0.6 is 15.9 Å². The first-order chi connectivity index (χ1) is 13.5. The van der Waals surface area contributed by atoms with Crippen LogP contribution in [0.2, 0.25) is 0 Å². The molecule has 0 spiro atoms. The lowest BCUT2D eigenvalue weighted by Gasteiger charge is -2.28. The number of benzene rings is 1. The zero-order valence-electron chi connectivity index (χ0n) is 17.2. The quantitative estimate of drug-likeness (QED) is 0.678. The first kappa shape index (κ1) is 21.2. The monoisotopic (exact) mass is 464 g/mol. The predicted octanol–water partition coefficient (Wildman–Crippen LogP) is 4.00. The molecular weight excluding hydrogens is 440 g/mol. The molecule has 1 N–H and O–H groups in total. The zero-order chi connectivity index (χ0) is 21.3. The van der Waals surface area contributed by atoms with Crippen molar-refractivity contribution in [3.05, 3.63) is 34.6 Å². The summed E-state index contributed by atoms with van der Waals surface area (Å²) in [6.45, 7) is 9.91. The summed E-state index contributed by atoms with van der Waals surface area (Å²) in [4.78, 5) is 29.8. The molecule has 29 heavy (non-hydrogen) atoms. The van der Waals surface area contributed by atoms with Crippen LogP contribution in [0.5, 0.6) is 5.75 Å². The molecule has 0 saturated carbocycles. The summed E-state index contributed by atoms with van der Waals surface area (Å²) in [5, 5.41) is 1.23. The predicted molar refractivity (Wildman–Crippen MR) is 112 cm³/mol. The van der Waals surface area contributed by atoms with E-state index in [9.17, 15) is 9.59 Å². The Labute approximate surface area is 178 Å². The van der Waals surface area contributed by atoms with Crippen LogP contribution in [-0.4, -0.2) is 44.8 Å². The van der Waals surface area contributed by atoms with Crippen molar-refractivity contribution in [1.29, 1.82) is 0 Å². The molecule has 0 unspecified atom stereocenters. The summed E-state index contributed by atoms with van der Waals surface area (Å²) in [5.41, 5.74) is 2.91. The number of hydrogen-bond acceptors (Lipinski definition) is 5. The molecule has 2 amide bonds. The number of ether oxygens (including phenoxy) is 2. The molecule has 9 heteroatoms. The second-order valence-corrected chi connectivity index (χ2v) is 8.93. The van der Waals surface area contributed by atoms with Gasteiger partial charge in [-0.15, -0.1) is 0 Å². The Morgan fingerprint density at radius 1 is 1.34 bits per heavy atom. The van der Waals surface area contributed by atoms with Gasteiger partial charge in [-0.2, -0.15) is 0 Å². The van der Waals surface area contributed by atoms with Crippen molar-refractivity contribution in [2.75, 3.05) is 6.61 Å². The molecular formula is C20H25BrN4O4. The number of hydrogen-bond donors (Lipinski definition) is 1. The molecule has 8 nitrogen and oxygen atoms in total. The lowest BCUT2D eigenvalue weighted by atomic mass is 10.2. The standard InChI is InChI=1S/C20H25BrN4O4/c1-12(2)25(23-19(27)29-20(3,4)5)18(26)15-11-24-8-9-28-16-10-13(21)6-7-14(16)17(24)22-15/h6-7,10-12H,8-9H2,1-5H3,(H,23,27). The Morgan fingerprint density at radius 3 is 2.72 bits per heavy atom. The maximum Gasteiger partial charge on any atom is 0.426 e. The number of nitrogens with one attached hydrogen (secondary N) is 1. The molecule has 0 saturated heterocycles. The molecule has 0 radical (unpaired) electrons. The molecule has 0 aliphatic carbocycles. The van der Waals surface area contributed by atoms with E-state index in [4.69, 9.17) is 9.47 Å². The van der Waals surface area contributed by atoms with Crippen LogP contribution in [0.15, 0.2) is 28.9 Å². The van der Waals surface area contributed by atoms with E-state index in [-0.39, 0.29) is 11.7 Å². The van der Waals surface area contributed by atoms with Gasteiger partial charge >= 0.3 is 6.09 Å². The summed E-state index contributed by atoms with van der Waals surface area (Å²) in [6, 6.07) is 5.39. The molecule has 0 fully saturated rings. The van der Waals surface area contributed by atoms with E-state index in [1.165, 1.54) is 5.01 Å². The molecule has 2 heterocycles. The topological polar surface area (TPSA) is 85.7 Å². The van der Waals surface area contributed by atoms with Crippen molar-refractivity contribution in [2.45, 2.75) is 52.8 Å². The van der Waals surface area contributed by atoms with Gasteiger partial charge in [-0.05, 0) is 52.8 Å². The van der Waals surface area contributed by atoms with Crippen molar-refractivity contribution < 1.29 is 19.1 Å². The number of hydrazine groups is 1. The Balaban J connectivity index is 1.89. The Bertz CT molecular complexity index is 933. The lowest BCUT2D eigenvalue weighted by Crippen LogP contribution is -2.51. The molecule has 3 rings (SSSR count). The number of carbonyl (C=O) groups is 2. The molecule has 156 valence electrons. The highest BCUT2D eigenvalue weighted by molar-refractivity contribution is 9.10. The maximum absolute atomic E-state index is 13.1. The summed E-state index contributed by atoms with van der Waals surface area (Å²) in [7, 11) is 0. The normalized spacial score (nSPS) is 13.1. The number of aromatic nitrogens is 2. The fourth-order valence-electron chi connectivity index (χ4n) is 2.90. The van der Waals surface area contributed by atoms with Gasteiger partial charge in [0.05, 0.1) is 12.1 Å². The highest BCUT2D eigenvalue weighted by Gasteiger charge is 2.28. The van der Waals surface area contributed by atoms with Gasteiger partial charge in [-0.3, -0.25) is 4.79 Å². The van der Waals surface area contributed by atoms with Crippen molar-refractivity contribution >= 4 is 27.9 Å². The van der Waals surface area contributed by atoms with Crippen molar-refractivity contribution in [1.82, 2.24) is 20.0 Å². The van der Waals surface area contributed by atoms with Crippen LogP contribution < -0.4 is 10.2 Å². The first-order valence-electron chi connectivity index (χ1n) is 9.38. The minimum absolute atomic E-state index is 0.237. The fraction of sp³-hybridized carbons (Fsp3) is 0.450. The number of rotatable bonds is 2. The van der Waals surface area contributed by atoms with Crippen molar-refractivity contribution in [3.63, 3.8) is 0 Å². The van der Waals surface area contributed by atoms with E-state index in [0.717, 1.165) is 10.0 Å². The summed E-state index contributed by atoms with van der Waals surface area (Å²) < 4.78 is 13.9. The molecule has 2 aromatic rings. The largest absolute Gasteiger partial charge is 0.491 e. The summed E-state index contributed by atoms with van der Waals surface area (Å²) in [5.74, 6) is 0.940. The Hall–Kier alpha value is -2.55. The fourth-order valence-corrected chi connectivity index (χ4v) is 3.24. The zero-order valence-corrected chi connectivity index (χ0v) is 18.7. The van der Waals surface area contributed by atoms with Gasteiger partial charge in [0.25, 0.3) is 5.91 Å². The van der Waals surface area contributed by atoms with E-state index in [1.807, 2.05) is 22.8 Å². The van der Waals surface area contributed by atoms with Crippen molar-refractivity contribution in [3.8, 4) is 17.1 Å². The molecule has 1 aliphatic rings. The lowest BCUT2D eigenvalue weighted by molar-refractivity contribution is 0.0240. The summed E-state index contributed by atoms with van der Waals surface area (Å²) in [6.07, 6.45) is 0.994. The average Bonchev–Trinajstić information content (AvgIpc) is 2.94. The average molecular weight is 465 g/mol. The maximum atomic E-state index is 13.1. The SMILES string of the molecule is CC(C)N(NC(=O)OC(C)(C)C)C(=O)c1cn2c(n1)-c1ccc(Br)cc1OCC2. The third-order valence-electron chi connectivity index (χ3n) is 4.12. The Kier molecular flexibility index (Phi) is 5.88. The third-order valence-corrected chi connectivity index (χ3v) is 4.61. The van der Waals surface area contributed by atoms with Crippen LogP contribution in [-0.2, 0) is 11.3 Å². The van der Waals surface area contributed by atoms with Gasteiger partial charge in [0.2, 0.25) is 0 Å². The second kappa shape index (κ2) is 8.06. The van der Waals surface area contributed by atoms with Crippen LogP contribution in [0.4, 0.5) is 4.79 Å². The van der Waals surface area contributed by atoms with Crippen molar-refractivity contribution in [2.24, 2.45) is 0 Å². The highest BCUT2D eigenvalue weighted by atomic mass is 79.9. The number of halogens is 1. The van der Waals surface area contributed by atoms with Gasteiger partial charge in [-0.25, -0.2) is 20.2 Å². The van der Waals surface area contributed by atoms with Crippen LogP contribution in [0.25, 0.3) is 11.4 Å². The third kappa shape index (κ3) is 4.90. The number of carbonyl (C=O) groups excluding carboxylic acids is 2. The van der Waals surface area contributed by atoms with Gasteiger partial charge in [0.1, 0.15) is 29.5 Å². The van der Waals surface area contributed by atoms with Crippen LogP contribution in [0.1, 0.15) is 45.1 Å².